The van der Waals surface area contributed by atoms with E-state index in [0.29, 0.717) is 35.2 Å². The van der Waals surface area contributed by atoms with Crippen molar-refractivity contribution < 1.29 is 26.8 Å². The van der Waals surface area contributed by atoms with Gasteiger partial charge in [-0.05, 0) is 48.9 Å². The summed E-state index contributed by atoms with van der Waals surface area (Å²) in [5.41, 5.74) is 4.21. The molecule has 0 amide bonds. The fraction of sp³-hybridized carbons (Fsp3) is 0.296. The molecular weight excluding hydrogens is 530 g/mol. The number of nitrogens with zero attached hydrogens (tertiary/aromatic N) is 3. The number of ether oxygens (including phenoxy) is 3. The van der Waals surface area contributed by atoms with Crippen molar-refractivity contribution in [1.29, 1.82) is 0 Å². The van der Waals surface area contributed by atoms with E-state index < -0.39 is 16.2 Å². The minimum Gasteiger partial charge on any atom is -0.493 e. The van der Waals surface area contributed by atoms with Crippen molar-refractivity contribution >= 4 is 21.7 Å². The Morgan fingerprint density at radius 2 is 1.87 bits per heavy atom. The molecule has 1 aliphatic rings. The van der Waals surface area contributed by atoms with Crippen molar-refractivity contribution in [3.63, 3.8) is 0 Å². The van der Waals surface area contributed by atoms with Gasteiger partial charge in [-0.3, -0.25) is 8.86 Å². The molecule has 200 valence electrons. The normalized spacial score (nSPS) is 16.9. The molecule has 0 bridgehead atoms. The van der Waals surface area contributed by atoms with E-state index in [9.17, 15) is 8.42 Å². The second-order valence-electron chi connectivity index (χ2n) is 8.92. The van der Waals surface area contributed by atoms with E-state index in [2.05, 4.69) is 9.67 Å². The first-order valence-electron chi connectivity index (χ1n) is 12.0. The molecule has 38 heavy (non-hydrogen) atoms. The van der Waals surface area contributed by atoms with Gasteiger partial charge in [-0.2, -0.15) is 13.5 Å². The number of hydrogen-bond donors (Lipinski definition) is 0. The molecule has 0 unspecified atom stereocenters. The lowest BCUT2D eigenvalue weighted by atomic mass is 9.98. The Balaban J connectivity index is 1.50. The molecule has 1 aliphatic heterocycles. The molecule has 2 atom stereocenters. The van der Waals surface area contributed by atoms with Gasteiger partial charge < -0.3 is 18.8 Å². The zero-order valence-corrected chi connectivity index (χ0v) is 22.8. The molecule has 4 aromatic rings. The van der Waals surface area contributed by atoms with Crippen LogP contribution in [0.4, 0.5) is 0 Å². The van der Waals surface area contributed by atoms with Gasteiger partial charge >= 0.3 is 0 Å². The van der Waals surface area contributed by atoms with Crippen LogP contribution in [0.25, 0.3) is 5.69 Å². The summed E-state index contributed by atoms with van der Waals surface area (Å²) in [5, 5.41) is 5.06. The summed E-state index contributed by atoms with van der Waals surface area (Å²) >= 11 is 6.47. The first-order valence-corrected chi connectivity index (χ1v) is 14.2. The van der Waals surface area contributed by atoms with Crippen LogP contribution >= 0.6 is 11.6 Å². The molecule has 0 saturated heterocycles. The van der Waals surface area contributed by atoms with Crippen LogP contribution in [0.5, 0.6) is 11.5 Å². The largest absolute Gasteiger partial charge is 0.493 e. The standard InChI is InChI=1S/C27H28ClN3O6S/c1-34-25-8-4-6-20(27(25)35-2)26-21-16-18(28)9-10-22(21)31-13-5-7-23(31)24(37-26)12-15-30-14-11-19(29-30)17-36-38(3,32)33/h4-11,13-14,16,24,26H,12,15,17H2,1-3H3/t24-,26-/m1/s1. The van der Waals surface area contributed by atoms with Crippen molar-refractivity contribution in [2.75, 3.05) is 20.5 Å². The highest BCUT2D eigenvalue weighted by atomic mass is 35.5. The third-order valence-corrected chi connectivity index (χ3v) is 7.18. The Morgan fingerprint density at radius 3 is 2.63 bits per heavy atom. The van der Waals surface area contributed by atoms with Crippen LogP contribution in [0.1, 0.15) is 41.1 Å². The average Bonchev–Trinajstić information content (AvgIpc) is 3.54. The van der Waals surface area contributed by atoms with Crippen LogP contribution < -0.4 is 9.47 Å². The number of aromatic nitrogens is 3. The molecule has 2 aromatic carbocycles. The summed E-state index contributed by atoms with van der Waals surface area (Å²) < 4.78 is 49.6. The molecule has 0 spiro atoms. The van der Waals surface area contributed by atoms with Crippen LogP contribution in [-0.4, -0.2) is 43.2 Å². The maximum atomic E-state index is 11.3. The number of para-hydroxylation sites is 1. The van der Waals surface area contributed by atoms with E-state index in [1.807, 2.05) is 54.7 Å². The van der Waals surface area contributed by atoms with Crippen LogP contribution in [0.15, 0.2) is 67.0 Å². The Hall–Kier alpha value is -3.31. The maximum Gasteiger partial charge on any atom is 0.264 e. The summed E-state index contributed by atoms with van der Waals surface area (Å²) in [5.74, 6) is 1.21. The molecule has 11 heteroatoms. The molecule has 0 aliphatic carbocycles. The molecule has 0 N–H and O–H groups in total. The van der Waals surface area contributed by atoms with E-state index >= 15 is 0 Å². The van der Waals surface area contributed by atoms with Crippen LogP contribution in [-0.2, 0) is 32.2 Å². The number of methoxy groups -OCH3 is 2. The first-order chi connectivity index (χ1) is 18.3. The van der Waals surface area contributed by atoms with Crippen LogP contribution in [0.2, 0.25) is 5.02 Å². The van der Waals surface area contributed by atoms with Crippen LogP contribution in [0.3, 0.4) is 0 Å². The van der Waals surface area contributed by atoms with Crippen LogP contribution in [0, 0.1) is 0 Å². The van der Waals surface area contributed by atoms with E-state index in [1.54, 1.807) is 31.2 Å². The highest BCUT2D eigenvalue weighted by molar-refractivity contribution is 7.85. The number of halogens is 1. The van der Waals surface area contributed by atoms with E-state index in [-0.39, 0.29) is 12.7 Å². The SMILES string of the molecule is COc1cccc([C@H]2O[C@H](CCn3ccc(COS(C)(=O)=O)n3)c3cccn3-c3ccc(Cl)cc32)c1OC. The van der Waals surface area contributed by atoms with Crippen molar-refractivity contribution in [2.45, 2.75) is 31.8 Å². The van der Waals surface area contributed by atoms with E-state index in [1.165, 1.54) is 0 Å². The molecule has 2 aromatic heterocycles. The van der Waals surface area contributed by atoms with Gasteiger partial charge in [0.15, 0.2) is 11.5 Å². The number of aryl methyl sites for hydroxylation is 1. The zero-order chi connectivity index (χ0) is 26.9. The van der Waals surface area contributed by atoms with Gasteiger partial charge in [-0.1, -0.05) is 23.7 Å². The summed E-state index contributed by atoms with van der Waals surface area (Å²) in [6.07, 6.45) is 4.63. The molecule has 0 radical (unpaired) electrons. The third-order valence-electron chi connectivity index (χ3n) is 6.40. The number of hydrogen-bond acceptors (Lipinski definition) is 7. The topological polar surface area (TPSA) is 93.8 Å². The van der Waals surface area contributed by atoms with Crippen molar-refractivity contribution in [2.24, 2.45) is 0 Å². The fourth-order valence-electron chi connectivity index (χ4n) is 4.74. The lowest BCUT2D eigenvalue weighted by Gasteiger charge is -2.25. The Morgan fingerprint density at radius 1 is 1.03 bits per heavy atom. The van der Waals surface area contributed by atoms with E-state index in [0.717, 1.165) is 28.8 Å². The summed E-state index contributed by atoms with van der Waals surface area (Å²) in [4.78, 5) is 0. The predicted molar refractivity (Wildman–Crippen MR) is 142 cm³/mol. The number of rotatable bonds is 9. The second-order valence-corrected chi connectivity index (χ2v) is 11.0. The van der Waals surface area contributed by atoms with Gasteiger partial charge in [0.05, 0.1) is 37.6 Å². The lowest BCUT2D eigenvalue weighted by Crippen LogP contribution is -2.14. The van der Waals surface area contributed by atoms with Gasteiger partial charge in [0.25, 0.3) is 10.1 Å². The Kier molecular flexibility index (Phi) is 7.49. The van der Waals surface area contributed by atoms with Crippen molar-refractivity contribution in [3.05, 3.63) is 94.5 Å². The van der Waals surface area contributed by atoms with Gasteiger partial charge in [0, 0.05) is 35.1 Å². The lowest BCUT2D eigenvalue weighted by molar-refractivity contribution is -0.00169. The number of benzene rings is 2. The number of fused-ring (bicyclic) bond motifs is 3. The predicted octanol–water partition coefficient (Wildman–Crippen LogP) is 5.07. The summed E-state index contributed by atoms with van der Waals surface area (Å²) in [6.45, 7) is 0.427. The molecular formula is C27H28ClN3O6S. The van der Waals surface area contributed by atoms with Crippen molar-refractivity contribution in [3.8, 4) is 17.2 Å². The first kappa shape index (κ1) is 26.3. The molecule has 0 saturated carbocycles. The quantitative estimate of drug-likeness (QED) is 0.265. The van der Waals surface area contributed by atoms with Gasteiger partial charge in [-0.15, -0.1) is 0 Å². The van der Waals surface area contributed by atoms with Gasteiger partial charge in [0.1, 0.15) is 18.8 Å². The molecule has 9 nitrogen and oxygen atoms in total. The highest BCUT2D eigenvalue weighted by Gasteiger charge is 2.32. The highest BCUT2D eigenvalue weighted by Crippen LogP contribution is 2.46. The third kappa shape index (κ3) is 5.44. The minimum absolute atomic E-state index is 0.109. The van der Waals surface area contributed by atoms with Crippen molar-refractivity contribution in [1.82, 2.24) is 14.3 Å². The fourth-order valence-corrected chi connectivity index (χ4v) is 5.25. The van der Waals surface area contributed by atoms with E-state index in [4.69, 9.17) is 30.0 Å². The summed E-state index contributed by atoms with van der Waals surface area (Å²) in [7, 11) is -0.330. The van der Waals surface area contributed by atoms with Gasteiger partial charge in [0.2, 0.25) is 0 Å². The Bertz CT molecular complexity index is 1550. The average molecular weight is 558 g/mol. The summed E-state index contributed by atoms with van der Waals surface area (Å²) in [6, 6.07) is 17.3. The minimum atomic E-state index is -3.55. The monoisotopic (exact) mass is 557 g/mol. The maximum absolute atomic E-state index is 11.3. The smallest absolute Gasteiger partial charge is 0.264 e. The molecule has 0 fully saturated rings. The zero-order valence-electron chi connectivity index (χ0n) is 21.2. The van der Waals surface area contributed by atoms with Gasteiger partial charge in [-0.25, -0.2) is 0 Å². The molecule has 5 rings (SSSR count). The molecule has 3 heterocycles. The second kappa shape index (κ2) is 10.8. The Labute approximate surface area is 226 Å².